The Balaban J connectivity index is 0.861. The van der Waals surface area contributed by atoms with E-state index in [1.807, 2.05) is 64.8 Å². The van der Waals surface area contributed by atoms with Gasteiger partial charge in [0.15, 0.2) is 0 Å². The lowest BCUT2D eigenvalue weighted by molar-refractivity contribution is -0.197. The van der Waals surface area contributed by atoms with Crippen LogP contribution in [0.1, 0.15) is 104 Å². The standard InChI is InChI=1S/C59H82F3N11O7/c1-35(2)48-43(25-40(28-63-48)68-18-16-67(17-19-68)38-11-12-38)52-44-27-57(5,6)34-79-56(77)45-8-7-15-73(66-45)54(75)46(26-41-29-69(20-22-78-41)39-13-14-47(42(44)24-39)72(52)33-59(60,61)62)64-53(74)51(36(3)4)70-21-23-80-58(30-70)31-71(32-58)55(76)50-49(65-50)37-9-10-37/h13-14,24-25,28,35-38,41,45-46,49-51,65-66H,7-12,15-23,26-27,29-34H2,1-6H3,(H,64,74)/t41-,45-,46-,49+,50+,51-/m0/s1. The molecule has 6 atom stereocenters. The number of nitrogens with zero attached hydrogens (tertiary/aromatic N) is 8. The van der Waals surface area contributed by atoms with Crippen molar-refractivity contribution < 1.29 is 46.6 Å². The van der Waals surface area contributed by atoms with Crippen LogP contribution in [0.4, 0.5) is 24.5 Å². The highest BCUT2D eigenvalue weighted by Crippen LogP contribution is 2.45. The lowest BCUT2D eigenvalue weighted by Crippen LogP contribution is -2.73. The van der Waals surface area contributed by atoms with Crippen LogP contribution in [0, 0.1) is 17.3 Å². The van der Waals surface area contributed by atoms with Crippen LogP contribution < -0.4 is 25.9 Å². The monoisotopic (exact) mass is 1110 g/mol. The number of esters is 1. The molecule has 3 amide bonds. The topological polar surface area (TPSA) is 179 Å². The number of hydrogen-bond acceptors (Lipinski definition) is 14. The summed E-state index contributed by atoms with van der Waals surface area (Å²) >= 11 is 0. The second kappa shape index (κ2) is 21.6. The van der Waals surface area contributed by atoms with Gasteiger partial charge in [-0.15, -0.1) is 0 Å². The van der Waals surface area contributed by atoms with Gasteiger partial charge >= 0.3 is 12.1 Å². The number of pyridine rings is 1. The maximum Gasteiger partial charge on any atom is 0.406 e. The summed E-state index contributed by atoms with van der Waals surface area (Å²) in [5.41, 5.74) is 6.47. The number of piperazine rings is 1. The smallest absolute Gasteiger partial charge is 0.406 e. The van der Waals surface area contributed by atoms with Gasteiger partial charge in [0.1, 0.15) is 30.3 Å². The van der Waals surface area contributed by atoms with E-state index in [9.17, 15) is 19.2 Å². The Kier molecular flexibility index (Phi) is 15.0. The Morgan fingerprint density at radius 3 is 2.39 bits per heavy atom. The highest BCUT2D eigenvalue weighted by molar-refractivity contribution is 5.95. The minimum atomic E-state index is -4.57. The van der Waals surface area contributed by atoms with Gasteiger partial charge in [-0.3, -0.25) is 44.3 Å². The van der Waals surface area contributed by atoms with Crippen molar-refractivity contribution in [3.05, 3.63) is 41.7 Å². The number of cyclic esters (lactones) is 1. The zero-order valence-corrected chi connectivity index (χ0v) is 47.5. The Morgan fingerprint density at radius 1 is 0.900 bits per heavy atom. The molecule has 6 bridgehead atoms. The molecule has 2 aromatic heterocycles. The van der Waals surface area contributed by atoms with E-state index < -0.39 is 59.8 Å². The van der Waals surface area contributed by atoms with Gasteiger partial charge in [-0.1, -0.05) is 41.5 Å². The van der Waals surface area contributed by atoms with Crippen LogP contribution in [0.15, 0.2) is 30.5 Å². The fourth-order valence-electron chi connectivity index (χ4n) is 14.0. The molecule has 9 heterocycles. The van der Waals surface area contributed by atoms with Gasteiger partial charge in [0, 0.05) is 105 Å². The van der Waals surface area contributed by atoms with Crippen molar-refractivity contribution in [2.45, 2.75) is 160 Å². The quantitative estimate of drug-likeness (QED) is 0.171. The molecule has 0 unspecified atom stereocenters. The minimum absolute atomic E-state index is 0.0418. The number of ether oxygens (including phenoxy) is 3. The van der Waals surface area contributed by atoms with Crippen LogP contribution in [0.5, 0.6) is 0 Å². The molecule has 9 aliphatic rings. The summed E-state index contributed by atoms with van der Waals surface area (Å²) < 4.78 is 65.9. The van der Waals surface area contributed by atoms with Gasteiger partial charge in [-0.05, 0) is 92.5 Å². The molecule has 2 aliphatic carbocycles. The van der Waals surface area contributed by atoms with Gasteiger partial charge in [0.05, 0.1) is 68.3 Å². The van der Waals surface area contributed by atoms with Crippen molar-refractivity contribution in [1.82, 2.24) is 45.3 Å². The van der Waals surface area contributed by atoms with E-state index >= 15 is 13.2 Å². The van der Waals surface area contributed by atoms with E-state index in [1.165, 1.54) is 35.3 Å². The average molecular weight is 1110 g/mol. The van der Waals surface area contributed by atoms with Crippen LogP contribution in [0.25, 0.3) is 22.2 Å². The van der Waals surface area contributed by atoms with Gasteiger partial charge in [-0.2, -0.15) is 13.2 Å². The maximum atomic E-state index is 15.2. The number of alkyl halides is 3. The van der Waals surface area contributed by atoms with Crippen LogP contribution in [0.3, 0.4) is 0 Å². The molecule has 3 N–H and O–H groups in total. The average Bonchev–Trinajstić information content (AvgIpc) is 3.96. The number of anilines is 2. The van der Waals surface area contributed by atoms with Crippen molar-refractivity contribution >= 4 is 46.0 Å². The number of benzene rings is 1. The first-order chi connectivity index (χ1) is 38.2. The Hall–Kier alpha value is -5.06. The molecule has 0 radical (unpaired) electrons. The molecular formula is C59H82F3N11O7. The number of carbonyl (C=O) groups excluding carboxylic acids is 4. The highest BCUT2D eigenvalue weighted by Gasteiger charge is 2.57. The summed E-state index contributed by atoms with van der Waals surface area (Å²) in [4.78, 5) is 73.6. The van der Waals surface area contributed by atoms with Crippen LogP contribution >= 0.6 is 0 Å². The number of halogens is 3. The van der Waals surface area contributed by atoms with Gasteiger partial charge < -0.3 is 38.8 Å². The summed E-state index contributed by atoms with van der Waals surface area (Å²) in [6.07, 6.45) is 2.86. The number of hydrogen-bond donors (Lipinski definition) is 3. The second-order valence-corrected chi connectivity index (χ2v) is 26.2. The molecule has 2 saturated carbocycles. The molecule has 21 heteroatoms. The second-order valence-electron chi connectivity index (χ2n) is 26.2. The first kappa shape index (κ1) is 55.5. The third-order valence-corrected chi connectivity index (χ3v) is 18.4. The molecule has 436 valence electrons. The number of rotatable bonds is 11. The number of hydrazine groups is 1. The molecule has 7 aliphatic heterocycles. The highest BCUT2D eigenvalue weighted by atomic mass is 19.4. The third-order valence-electron chi connectivity index (χ3n) is 18.4. The Labute approximate surface area is 467 Å². The van der Waals surface area contributed by atoms with Gasteiger partial charge in [-0.25, -0.2) is 5.43 Å². The predicted octanol–water partition coefficient (Wildman–Crippen LogP) is 5.06. The van der Waals surface area contributed by atoms with E-state index in [1.54, 1.807) is 6.07 Å². The molecular weight excluding hydrogens is 1030 g/mol. The summed E-state index contributed by atoms with van der Waals surface area (Å²) in [5, 5.41) is 8.69. The Morgan fingerprint density at radius 2 is 1.68 bits per heavy atom. The lowest BCUT2D eigenvalue weighted by Gasteiger charge is -2.55. The van der Waals surface area contributed by atoms with E-state index in [2.05, 4.69) is 41.7 Å². The minimum Gasteiger partial charge on any atom is -0.464 e. The first-order valence-electron chi connectivity index (χ1n) is 29.8. The number of likely N-dealkylation sites (tertiary alicyclic amines) is 1. The largest absolute Gasteiger partial charge is 0.464 e. The predicted molar refractivity (Wildman–Crippen MR) is 296 cm³/mol. The van der Waals surface area contributed by atoms with Gasteiger partial charge in [0.2, 0.25) is 11.8 Å². The Bertz CT molecular complexity index is 2840. The SMILES string of the molecule is CC(C)c1ncc(N2CCN(C3CC3)CC2)cc1-c1c2c3cc(ccc3n1CC(F)(F)F)N1CCO[C@@H](C[C@H](NC(=O)[C@H](C(C)C)N3CCOC4(CN(C(=O)[C@@H]5N[C@@H]5C5CC5)C4)C3)C(=O)N3CCC[C@H](N3)C(=O)OCC(C)(C)C2)C1. The summed E-state index contributed by atoms with van der Waals surface area (Å²) in [6.45, 7) is 17.9. The summed E-state index contributed by atoms with van der Waals surface area (Å²) in [5.74, 6) is -0.792. The van der Waals surface area contributed by atoms with Crippen molar-refractivity contribution in [2.24, 2.45) is 17.3 Å². The first-order valence-corrected chi connectivity index (χ1v) is 29.8. The fourth-order valence-corrected chi connectivity index (χ4v) is 14.0. The summed E-state index contributed by atoms with van der Waals surface area (Å²) in [7, 11) is 0. The number of morpholine rings is 2. The zero-order valence-electron chi connectivity index (χ0n) is 47.5. The molecule has 3 aromatic rings. The van der Waals surface area contributed by atoms with Crippen LogP contribution in [-0.4, -0.2) is 199 Å². The van der Waals surface area contributed by atoms with Crippen molar-refractivity contribution in [2.75, 3.05) is 102 Å². The zero-order chi connectivity index (χ0) is 56.0. The number of fused-ring (bicyclic) bond motifs is 6. The fraction of sp³-hybridized carbons (Fsp3) is 0.712. The van der Waals surface area contributed by atoms with Crippen molar-refractivity contribution in [3.8, 4) is 11.3 Å². The van der Waals surface area contributed by atoms with Crippen LogP contribution in [-0.2, 0) is 46.4 Å². The number of carbonyl (C=O) groups is 4. The number of amides is 3. The summed E-state index contributed by atoms with van der Waals surface area (Å²) in [6, 6.07) is 6.00. The van der Waals surface area contributed by atoms with E-state index in [0.717, 1.165) is 43.1 Å². The molecule has 1 aromatic carbocycles. The molecule has 80 heavy (non-hydrogen) atoms. The molecule has 6 saturated heterocycles. The van der Waals surface area contributed by atoms with Crippen molar-refractivity contribution in [1.29, 1.82) is 0 Å². The van der Waals surface area contributed by atoms with Crippen LogP contribution in [0.2, 0.25) is 0 Å². The number of nitrogens with one attached hydrogen (secondary N) is 3. The molecule has 1 spiro atoms. The number of aromatic nitrogens is 2. The lowest BCUT2D eigenvalue weighted by atomic mass is 9.84. The van der Waals surface area contributed by atoms with E-state index in [4.69, 9.17) is 19.2 Å². The van der Waals surface area contributed by atoms with Gasteiger partial charge in [0.25, 0.3) is 5.91 Å². The van der Waals surface area contributed by atoms with Crippen molar-refractivity contribution in [3.63, 3.8) is 0 Å². The van der Waals surface area contributed by atoms with E-state index in [0.29, 0.717) is 112 Å². The molecule has 8 fully saturated rings. The third kappa shape index (κ3) is 11.5. The normalized spacial score (nSPS) is 28.3. The maximum absolute atomic E-state index is 15.2. The molecule has 12 rings (SSSR count). The molecule has 18 nitrogen and oxygen atoms in total. The van der Waals surface area contributed by atoms with E-state index in [-0.39, 0.29) is 55.2 Å².